The van der Waals surface area contributed by atoms with E-state index in [1.807, 2.05) is 11.1 Å². The number of nitrogens with zero attached hydrogens (tertiary/aromatic N) is 2. The number of ether oxygens (including phenoxy) is 1. The molecule has 10 heteroatoms. The van der Waals surface area contributed by atoms with Gasteiger partial charge in [0.05, 0.1) is 13.7 Å². The van der Waals surface area contributed by atoms with Crippen LogP contribution in [0.1, 0.15) is 21.5 Å². The van der Waals surface area contributed by atoms with Gasteiger partial charge in [-0.2, -0.15) is 0 Å². The summed E-state index contributed by atoms with van der Waals surface area (Å²) < 4.78 is 30.5. The predicted molar refractivity (Wildman–Crippen MR) is 121 cm³/mol. The molecule has 0 amide bonds. The largest absolute Gasteiger partial charge is 0.496 e. The van der Waals surface area contributed by atoms with Gasteiger partial charge in [-0.1, -0.05) is 0 Å². The van der Waals surface area contributed by atoms with Crippen molar-refractivity contribution in [2.24, 2.45) is 0 Å². The number of carboxylic acid groups (broad SMARTS) is 1. The van der Waals surface area contributed by atoms with Crippen LogP contribution in [0.5, 0.6) is 5.75 Å². The van der Waals surface area contributed by atoms with E-state index in [1.54, 1.807) is 7.11 Å². The number of piperazine rings is 1. The highest BCUT2D eigenvalue weighted by Gasteiger charge is 2.22. The Morgan fingerprint density at radius 2 is 1.85 bits per heavy atom. The fourth-order valence-electron chi connectivity index (χ4n) is 3.92. The van der Waals surface area contributed by atoms with E-state index in [1.165, 1.54) is 23.7 Å². The normalized spacial score (nSPS) is 14.8. The Bertz CT molecular complexity index is 1140. The lowest BCUT2D eigenvalue weighted by molar-refractivity contribution is 0.0542. The van der Waals surface area contributed by atoms with Gasteiger partial charge >= 0.3 is 5.97 Å². The van der Waals surface area contributed by atoms with Crippen LogP contribution in [-0.4, -0.2) is 77.1 Å². The fraction of sp³-hybridized carbons (Fsp3) is 0.391. The van der Waals surface area contributed by atoms with Crippen LogP contribution in [0.3, 0.4) is 0 Å². The molecule has 1 saturated heterocycles. The molecule has 0 spiro atoms. The van der Waals surface area contributed by atoms with Crippen LogP contribution in [0.15, 0.2) is 41.5 Å². The molecule has 1 aliphatic rings. The molecule has 3 aromatic rings. The van der Waals surface area contributed by atoms with E-state index >= 15 is 0 Å². The highest BCUT2D eigenvalue weighted by atomic mass is 19.3. The molecule has 1 aromatic carbocycles. The number of methoxy groups -OCH3 is 1. The average Bonchev–Trinajstić information content (AvgIpc) is 3.28. The Kier molecular flexibility index (Phi) is 8.18. The number of H-pyrrole nitrogens is 2. The van der Waals surface area contributed by atoms with Crippen LogP contribution in [0.4, 0.5) is 8.78 Å². The number of hydrogen-bond donors (Lipinski definition) is 3. The van der Waals surface area contributed by atoms with E-state index in [0.717, 1.165) is 42.0 Å². The van der Waals surface area contributed by atoms with Crippen molar-refractivity contribution >= 4 is 16.9 Å². The minimum atomic E-state index is -2.25. The zero-order valence-corrected chi connectivity index (χ0v) is 18.6. The molecule has 0 aliphatic carbocycles. The summed E-state index contributed by atoms with van der Waals surface area (Å²) in [7, 11) is 1.69. The van der Waals surface area contributed by atoms with Gasteiger partial charge in [-0.25, -0.2) is 13.6 Å². The molecule has 1 aliphatic heterocycles. The predicted octanol–water partition coefficient (Wildman–Crippen LogP) is 2.94. The molecule has 3 N–H and O–H groups in total. The number of fused-ring (bicyclic) bond motifs is 1. The first-order chi connectivity index (χ1) is 15.8. The maximum Gasteiger partial charge on any atom is 0.341 e. The van der Waals surface area contributed by atoms with Gasteiger partial charge in [0.15, 0.2) is 0 Å². The van der Waals surface area contributed by atoms with Crippen LogP contribution in [0.25, 0.3) is 10.9 Å². The number of aromatic nitrogens is 2. The number of nitrogens with one attached hydrogen (secondary N) is 2. The lowest BCUT2D eigenvalue weighted by atomic mass is 10.0. The first kappa shape index (κ1) is 24.4. The van der Waals surface area contributed by atoms with Crippen molar-refractivity contribution in [1.82, 2.24) is 19.8 Å². The molecule has 0 atom stereocenters. The first-order valence-electron chi connectivity index (χ1n) is 10.6. The maximum atomic E-state index is 12.5. The summed E-state index contributed by atoms with van der Waals surface area (Å²) in [6.45, 7) is 5.70. The van der Waals surface area contributed by atoms with Gasteiger partial charge in [0.1, 0.15) is 11.3 Å². The fourth-order valence-corrected chi connectivity index (χ4v) is 3.92. The van der Waals surface area contributed by atoms with Crippen LogP contribution in [0, 0.1) is 6.92 Å². The molecule has 8 nitrogen and oxygen atoms in total. The summed E-state index contributed by atoms with van der Waals surface area (Å²) in [6.07, 6.45) is 1.08. The quantitative estimate of drug-likeness (QED) is 0.521. The standard InChI is InChI=1S/C17H23F2N3O.C6H5NO3/c1-12-9-15(23-2)14(13-3-4-20-17(12)13)10-21-5-7-22(8-6-21)11-16(18)19;8-5-4(6(9)10)2-1-3-7-5/h3-4,9,16,20H,5-8,10-11H2,1-2H3;1-3H,(H,7,8)(H,9,10). The minimum Gasteiger partial charge on any atom is -0.496 e. The maximum absolute atomic E-state index is 12.5. The van der Waals surface area contributed by atoms with E-state index in [9.17, 15) is 18.4 Å². The zero-order valence-electron chi connectivity index (χ0n) is 18.6. The number of rotatable bonds is 6. The summed E-state index contributed by atoms with van der Waals surface area (Å²) in [5, 5.41) is 9.52. The number of halogens is 2. The number of aromatic carboxylic acids is 1. The molecular formula is C23H28F2N4O4. The van der Waals surface area contributed by atoms with E-state index < -0.39 is 18.0 Å². The van der Waals surface area contributed by atoms with Crippen LogP contribution in [0.2, 0.25) is 0 Å². The van der Waals surface area contributed by atoms with Crippen LogP contribution < -0.4 is 10.3 Å². The van der Waals surface area contributed by atoms with Crippen molar-refractivity contribution < 1.29 is 23.4 Å². The monoisotopic (exact) mass is 462 g/mol. The van der Waals surface area contributed by atoms with Crippen molar-refractivity contribution in [2.75, 3.05) is 39.8 Å². The second-order valence-corrected chi connectivity index (χ2v) is 7.83. The molecule has 0 saturated carbocycles. The molecule has 33 heavy (non-hydrogen) atoms. The Morgan fingerprint density at radius 1 is 1.15 bits per heavy atom. The minimum absolute atomic E-state index is 0.121. The smallest absolute Gasteiger partial charge is 0.341 e. The molecule has 0 bridgehead atoms. The summed E-state index contributed by atoms with van der Waals surface area (Å²) in [5.74, 6) is -0.313. The number of aromatic amines is 2. The average molecular weight is 462 g/mol. The van der Waals surface area contributed by atoms with Gasteiger partial charge in [-0.05, 0) is 36.8 Å². The lowest BCUT2D eigenvalue weighted by Gasteiger charge is -2.34. The number of carbonyl (C=O) groups is 1. The molecule has 3 heterocycles. The third-order valence-corrected chi connectivity index (χ3v) is 5.62. The molecule has 4 rings (SSSR count). The van der Waals surface area contributed by atoms with E-state index in [2.05, 4.69) is 33.9 Å². The second-order valence-electron chi connectivity index (χ2n) is 7.83. The summed E-state index contributed by atoms with van der Waals surface area (Å²) in [5.41, 5.74) is 2.65. The number of hydrogen-bond acceptors (Lipinski definition) is 5. The Balaban J connectivity index is 0.000000257. The Labute approximate surface area is 189 Å². The van der Waals surface area contributed by atoms with Crippen LogP contribution >= 0.6 is 0 Å². The Morgan fingerprint density at radius 3 is 2.42 bits per heavy atom. The van der Waals surface area contributed by atoms with Gasteiger partial charge < -0.3 is 19.8 Å². The molecule has 0 radical (unpaired) electrons. The number of benzene rings is 1. The summed E-state index contributed by atoms with van der Waals surface area (Å²) >= 11 is 0. The highest BCUT2D eigenvalue weighted by Crippen LogP contribution is 2.31. The van der Waals surface area contributed by atoms with Gasteiger partial charge in [0.25, 0.3) is 12.0 Å². The van der Waals surface area contributed by atoms with Crippen molar-refractivity contribution in [3.05, 3.63) is 63.7 Å². The third kappa shape index (κ3) is 6.17. The lowest BCUT2D eigenvalue weighted by Crippen LogP contribution is -2.47. The van der Waals surface area contributed by atoms with E-state index in [0.29, 0.717) is 13.1 Å². The second kappa shape index (κ2) is 11.1. The first-order valence-corrected chi connectivity index (χ1v) is 10.6. The van der Waals surface area contributed by atoms with Gasteiger partial charge in [-0.15, -0.1) is 0 Å². The van der Waals surface area contributed by atoms with Crippen molar-refractivity contribution in [3.8, 4) is 5.75 Å². The highest BCUT2D eigenvalue weighted by molar-refractivity contribution is 5.88. The molecule has 1 fully saturated rings. The van der Waals surface area contributed by atoms with Crippen molar-refractivity contribution in [1.29, 1.82) is 0 Å². The molecule has 2 aromatic heterocycles. The topological polar surface area (TPSA) is 102 Å². The molecule has 0 unspecified atom stereocenters. The van der Waals surface area contributed by atoms with Gasteiger partial charge in [0, 0.05) is 61.6 Å². The van der Waals surface area contributed by atoms with Crippen molar-refractivity contribution in [2.45, 2.75) is 19.9 Å². The third-order valence-electron chi connectivity index (χ3n) is 5.62. The number of alkyl halides is 2. The number of aryl methyl sites for hydroxylation is 1. The SMILES string of the molecule is COc1cc(C)c2[nH]ccc2c1CN1CCN(CC(F)F)CC1.O=C(O)c1ccc[nH]c1=O. The Hall–Kier alpha value is -3.24. The summed E-state index contributed by atoms with van der Waals surface area (Å²) in [4.78, 5) is 30.5. The van der Waals surface area contributed by atoms with Gasteiger partial charge in [0.2, 0.25) is 0 Å². The van der Waals surface area contributed by atoms with Crippen LogP contribution in [-0.2, 0) is 6.54 Å². The van der Waals surface area contributed by atoms with E-state index in [-0.39, 0.29) is 12.1 Å². The van der Waals surface area contributed by atoms with E-state index in [4.69, 9.17) is 9.84 Å². The van der Waals surface area contributed by atoms with Crippen molar-refractivity contribution in [3.63, 3.8) is 0 Å². The molecule has 178 valence electrons. The number of carboxylic acids is 1. The molecular weight excluding hydrogens is 434 g/mol. The van der Waals surface area contributed by atoms with Gasteiger partial charge in [-0.3, -0.25) is 14.6 Å². The zero-order chi connectivity index (χ0) is 24.0. The number of pyridine rings is 1. The summed E-state index contributed by atoms with van der Waals surface area (Å²) in [6, 6.07) is 6.85.